The van der Waals surface area contributed by atoms with Gasteiger partial charge in [0.05, 0.1) is 19.4 Å². The maximum absolute atomic E-state index is 12.5. The number of nitrogens with one attached hydrogen (secondary N) is 1. The standard InChI is InChI=1S/C20H18F2N2O4/c1-3-27-16-7-5-4-6-15(16)24-19(25)14(12-23)10-13-8-9-17(28-20(21)22)18(11-13)26-2/h4-11,20H,3H2,1-2H3,(H,24,25)/b14-10+. The second kappa shape index (κ2) is 9.92. The van der Waals surface area contributed by atoms with Gasteiger partial charge in [-0.05, 0) is 42.8 Å². The monoisotopic (exact) mass is 388 g/mol. The number of carbonyl (C=O) groups is 1. The molecule has 0 aliphatic carbocycles. The molecule has 2 aromatic carbocycles. The van der Waals surface area contributed by atoms with E-state index in [1.165, 1.54) is 31.4 Å². The first-order valence-electron chi connectivity index (χ1n) is 8.26. The number of amides is 1. The number of carbonyl (C=O) groups excluding carboxylic acids is 1. The molecule has 6 nitrogen and oxygen atoms in total. The van der Waals surface area contributed by atoms with Crippen molar-refractivity contribution in [3.05, 3.63) is 53.6 Å². The fourth-order valence-electron chi connectivity index (χ4n) is 2.32. The van der Waals surface area contributed by atoms with E-state index in [9.17, 15) is 18.8 Å². The van der Waals surface area contributed by atoms with Crippen LogP contribution in [0.15, 0.2) is 48.0 Å². The van der Waals surface area contributed by atoms with Gasteiger partial charge in [-0.25, -0.2) is 0 Å². The van der Waals surface area contributed by atoms with Crippen molar-refractivity contribution in [1.82, 2.24) is 0 Å². The van der Waals surface area contributed by atoms with Gasteiger partial charge < -0.3 is 19.5 Å². The summed E-state index contributed by atoms with van der Waals surface area (Å²) >= 11 is 0. The lowest BCUT2D eigenvalue weighted by Gasteiger charge is -2.11. The van der Waals surface area contributed by atoms with Crippen molar-refractivity contribution in [3.63, 3.8) is 0 Å². The van der Waals surface area contributed by atoms with Crippen LogP contribution in [-0.4, -0.2) is 26.2 Å². The summed E-state index contributed by atoms with van der Waals surface area (Å²) in [7, 11) is 1.30. The molecule has 0 aliphatic heterocycles. The van der Waals surface area contributed by atoms with Gasteiger partial charge in [0.1, 0.15) is 17.4 Å². The Hall–Kier alpha value is -3.60. The van der Waals surface area contributed by atoms with Gasteiger partial charge in [0.15, 0.2) is 11.5 Å². The predicted molar refractivity (Wildman–Crippen MR) is 99.5 cm³/mol. The average molecular weight is 388 g/mol. The van der Waals surface area contributed by atoms with Crippen LogP contribution in [0.2, 0.25) is 0 Å². The van der Waals surface area contributed by atoms with Crippen LogP contribution in [0.1, 0.15) is 12.5 Å². The summed E-state index contributed by atoms with van der Waals surface area (Å²) in [6, 6.07) is 12.7. The summed E-state index contributed by atoms with van der Waals surface area (Å²) in [5.74, 6) is -0.260. The van der Waals surface area contributed by atoms with Crippen LogP contribution in [0.4, 0.5) is 14.5 Å². The van der Waals surface area contributed by atoms with Crippen molar-refractivity contribution in [2.24, 2.45) is 0 Å². The van der Waals surface area contributed by atoms with Crippen LogP contribution in [0.3, 0.4) is 0 Å². The number of nitriles is 1. The molecule has 0 unspecified atom stereocenters. The summed E-state index contributed by atoms with van der Waals surface area (Å²) in [6.07, 6.45) is 1.31. The van der Waals surface area contributed by atoms with Crippen LogP contribution in [0, 0.1) is 11.3 Å². The van der Waals surface area contributed by atoms with Crippen molar-refractivity contribution in [2.45, 2.75) is 13.5 Å². The number of methoxy groups -OCH3 is 1. The fourth-order valence-corrected chi connectivity index (χ4v) is 2.32. The smallest absolute Gasteiger partial charge is 0.387 e. The highest BCUT2D eigenvalue weighted by molar-refractivity contribution is 6.10. The highest BCUT2D eigenvalue weighted by Gasteiger charge is 2.14. The molecule has 146 valence electrons. The summed E-state index contributed by atoms with van der Waals surface area (Å²) in [5.41, 5.74) is 0.646. The average Bonchev–Trinajstić information content (AvgIpc) is 2.68. The molecule has 1 N–H and O–H groups in total. The first-order valence-corrected chi connectivity index (χ1v) is 8.26. The number of alkyl halides is 2. The van der Waals surface area contributed by atoms with Crippen LogP contribution >= 0.6 is 0 Å². The molecule has 0 spiro atoms. The second-order valence-corrected chi connectivity index (χ2v) is 5.34. The van der Waals surface area contributed by atoms with Crippen molar-refractivity contribution in [2.75, 3.05) is 19.0 Å². The van der Waals surface area contributed by atoms with Crippen molar-refractivity contribution in [1.29, 1.82) is 5.26 Å². The molecule has 1 amide bonds. The molecule has 28 heavy (non-hydrogen) atoms. The molecule has 0 aromatic heterocycles. The van der Waals surface area contributed by atoms with Crippen molar-refractivity contribution < 1.29 is 27.8 Å². The number of anilines is 1. The van der Waals surface area contributed by atoms with Gasteiger partial charge >= 0.3 is 6.61 Å². The molecule has 0 atom stereocenters. The Labute approximate surface area is 160 Å². The zero-order chi connectivity index (χ0) is 20.5. The Balaban J connectivity index is 2.26. The molecule has 8 heteroatoms. The number of para-hydroxylation sites is 2. The number of hydrogen-bond donors (Lipinski definition) is 1. The molecular formula is C20H18F2N2O4. The second-order valence-electron chi connectivity index (χ2n) is 5.34. The molecule has 0 saturated carbocycles. The molecular weight excluding hydrogens is 370 g/mol. The van der Waals surface area contributed by atoms with Gasteiger partial charge in [-0.15, -0.1) is 0 Å². The lowest BCUT2D eigenvalue weighted by atomic mass is 10.1. The third-order valence-electron chi connectivity index (χ3n) is 3.51. The van der Waals surface area contributed by atoms with E-state index in [1.807, 2.05) is 13.0 Å². The Bertz CT molecular complexity index is 907. The molecule has 2 aromatic rings. The SMILES string of the molecule is CCOc1ccccc1NC(=O)/C(C#N)=C/c1ccc(OC(F)F)c(OC)c1. The van der Waals surface area contributed by atoms with Crippen LogP contribution in [-0.2, 0) is 4.79 Å². The highest BCUT2D eigenvalue weighted by atomic mass is 19.3. The molecule has 0 saturated heterocycles. The number of nitrogens with zero attached hydrogens (tertiary/aromatic N) is 1. The molecule has 0 radical (unpaired) electrons. The largest absolute Gasteiger partial charge is 0.493 e. The van der Waals surface area contributed by atoms with Crippen LogP contribution in [0.5, 0.6) is 17.2 Å². The minimum absolute atomic E-state index is 0.0495. The number of ether oxygens (including phenoxy) is 3. The van der Waals surface area contributed by atoms with Crippen molar-refractivity contribution >= 4 is 17.7 Å². The molecule has 0 fully saturated rings. The van der Waals surface area contributed by atoms with E-state index in [2.05, 4.69) is 10.1 Å². The van der Waals surface area contributed by atoms with E-state index in [-0.39, 0.29) is 17.1 Å². The first-order chi connectivity index (χ1) is 13.5. The van der Waals surface area contributed by atoms with Crippen LogP contribution < -0.4 is 19.5 Å². The number of halogens is 2. The summed E-state index contributed by atoms with van der Waals surface area (Å²) in [5, 5.41) is 12.0. The Morgan fingerprint density at radius 2 is 1.96 bits per heavy atom. The molecule has 0 heterocycles. The maximum Gasteiger partial charge on any atom is 0.387 e. The summed E-state index contributed by atoms with van der Waals surface area (Å²) in [6.45, 7) is -0.768. The van der Waals surface area contributed by atoms with Crippen LogP contribution in [0.25, 0.3) is 6.08 Å². The zero-order valence-corrected chi connectivity index (χ0v) is 15.2. The van der Waals surface area contributed by atoms with E-state index in [0.29, 0.717) is 23.6 Å². The molecule has 0 aliphatic rings. The Morgan fingerprint density at radius 3 is 2.61 bits per heavy atom. The van der Waals surface area contributed by atoms with Gasteiger partial charge in [-0.1, -0.05) is 18.2 Å². The fraction of sp³-hybridized carbons (Fsp3) is 0.200. The Morgan fingerprint density at radius 1 is 1.21 bits per heavy atom. The highest BCUT2D eigenvalue weighted by Crippen LogP contribution is 2.30. The Kier molecular flexibility index (Phi) is 7.34. The minimum Gasteiger partial charge on any atom is -0.493 e. The quantitative estimate of drug-likeness (QED) is 0.540. The van der Waals surface area contributed by atoms with Gasteiger partial charge in [-0.2, -0.15) is 14.0 Å². The zero-order valence-electron chi connectivity index (χ0n) is 15.2. The van der Waals surface area contributed by atoms with E-state index < -0.39 is 12.5 Å². The summed E-state index contributed by atoms with van der Waals surface area (Å²) < 4.78 is 39.6. The topological polar surface area (TPSA) is 80.6 Å². The minimum atomic E-state index is -3.00. The molecule has 2 rings (SSSR count). The number of benzene rings is 2. The maximum atomic E-state index is 12.5. The third kappa shape index (κ3) is 5.45. The van der Waals surface area contributed by atoms with Gasteiger partial charge in [-0.3, -0.25) is 4.79 Å². The first kappa shape index (κ1) is 20.7. The normalized spacial score (nSPS) is 10.9. The van der Waals surface area contributed by atoms with E-state index >= 15 is 0 Å². The summed E-state index contributed by atoms with van der Waals surface area (Å²) in [4.78, 5) is 12.5. The molecule has 0 bridgehead atoms. The third-order valence-corrected chi connectivity index (χ3v) is 3.51. The number of rotatable bonds is 8. The van der Waals surface area contributed by atoms with Gasteiger partial charge in [0, 0.05) is 0 Å². The van der Waals surface area contributed by atoms with Crippen molar-refractivity contribution in [3.8, 4) is 23.3 Å². The lowest BCUT2D eigenvalue weighted by molar-refractivity contribution is -0.112. The van der Waals surface area contributed by atoms with Gasteiger partial charge in [0.25, 0.3) is 5.91 Å². The number of hydrogen-bond acceptors (Lipinski definition) is 5. The van der Waals surface area contributed by atoms with E-state index in [1.54, 1.807) is 24.3 Å². The van der Waals surface area contributed by atoms with E-state index in [4.69, 9.17) is 9.47 Å². The predicted octanol–water partition coefficient (Wildman–Crippen LogP) is 4.24. The lowest BCUT2D eigenvalue weighted by Crippen LogP contribution is -2.14. The van der Waals surface area contributed by atoms with Gasteiger partial charge in [0.2, 0.25) is 0 Å². The van der Waals surface area contributed by atoms with E-state index in [0.717, 1.165) is 0 Å².